The minimum atomic E-state index is -0.439. The molecule has 5 rings (SSSR count). The van der Waals surface area contributed by atoms with E-state index in [9.17, 15) is 13.6 Å². The number of allylic oxidation sites excluding steroid dienone is 1. The molecule has 4 heteroatoms. The van der Waals surface area contributed by atoms with Crippen molar-refractivity contribution in [1.29, 1.82) is 0 Å². The Bertz CT molecular complexity index is 1310. The second-order valence-corrected chi connectivity index (χ2v) is 7.93. The summed E-state index contributed by atoms with van der Waals surface area (Å²) < 4.78 is 32.5. The molecule has 0 aromatic heterocycles. The van der Waals surface area contributed by atoms with Gasteiger partial charge in [-0.25, -0.2) is 8.78 Å². The van der Waals surface area contributed by atoms with Crippen LogP contribution in [-0.4, -0.2) is 13.1 Å². The van der Waals surface area contributed by atoms with E-state index in [0.29, 0.717) is 6.42 Å². The van der Waals surface area contributed by atoms with Crippen molar-refractivity contribution >= 4 is 27.9 Å². The summed E-state index contributed by atoms with van der Waals surface area (Å²) in [4.78, 5) is 12.7. The van der Waals surface area contributed by atoms with Crippen molar-refractivity contribution in [2.75, 3.05) is 7.11 Å². The zero-order chi connectivity index (χ0) is 22.2. The van der Waals surface area contributed by atoms with Gasteiger partial charge in [0, 0.05) is 0 Å². The predicted molar refractivity (Wildman–Crippen MR) is 122 cm³/mol. The molecule has 0 spiro atoms. The van der Waals surface area contributed by atoms with Crippen LogP contribution in [-0.2, 0) is 9.53 Å². The van der Waals surface area contributed by atoms with Gasteiger partial charge in [-0.2, -0.15) is 0 Å². The van der Waals surface area contributed by atoms with Gasteiger partial charge in [0.25, 0.3) is 0 Å². The van der Waals surface area contributed by atoms with Gasteiger partial charge in [0.15, 0.2) is 0 Å². The third-order valence-electron chi connectivity index (χ3n) is 6.08. The van der Waals surface area contributed by atoms with Crippen molar-refractivity contribution in [3.05, 3.63) is 119 Å². The maximum absolute atomic E-state index is 13.7. The van der Waals surface area contributed by atoms with Gasteiger partial charge in [0.05, 0.1) is 13.0 Å². The van der Waals surface area contributed by atoms with Gasteiger partial charge in [0.2, 0.25) is 0 Å². The number of carbonyl (C=O) groups excluding carboxylic acids is 1. The van der Waals surface area contributed by atoms with E-state index >= 15 is 0 Å². The number of esters is 1. The summed E-state index contributed by atoms with van der Waals surface area (Å²) in [7, 11) is 1.39. The van der Waals surface area contributed by atoms with Crippen LogP contribution < -0.4 is 0 Å². The zero-order valence-electron chi connectivity index (χ0n) is 17.4. The third-order valence-corrected chi connectivity index (χ3v) is 6.08. The van der Waals surface area contributed by atoms with Crippen LogP contribution in [0.1, 0.15) is 34.6 Å². The molecule has 0 heterocycles. The lowest BCUT2D eigenvalue weighted by atomic mass is 9.89. The molecule has 32 heavy (non-hydrogen) atoms. The lowest BCUT2D eigenvalue weighted by molar-refractivity contribution is -0.142. The fraction of sp³-hybridized carbons (Fsp3) is 0.107. The van der Waals surface area contributed by atoms with Crippen LogP contribution in [0.15, 0.2) is 84.9 Å². The number of methoxy groups -OCH3 is 1. The van der Waals surface area contributed by atoms with E-state index < -0.39 is 5.92 Å². The Balaban J connectivity index is 1.82. The lowest BCUT2D eigenvalue weighted by Crippen LogP contribution is -2.11. The molecule has 0 amide bonds. The van der Waals surface area contributed by atoms with Crippen LogP contribution >= 0.6 is 0 Å². The van der Waals surface area contributed by atoms with Gasteiger partial charge in [-0.1, -0.05) is 48.5 Å². The van der Waals surface area contributed by atoms with Gasteiger partial charge in [-0.15, -0.1) is 0 Å². The Kier molecular flexibility index (Phi) is 5.06. The fourth-order valence-corrected chi connectivity index (χ4v) is 4.57. The molecule has 158 valence electrons. The minimum absolute atomic E-state index is 0.297. The average Bonchev–Trinajstić information content (AvgIpc) is 3.17. The summed E-state index contributed by atoms with van der Waals surface area (Å²) in [6, 6.07) is 24.6. The summed E-state index contributed by atoms with van der Waals surface area (Å²) in [5.41, 5.74) is 5.29. The highest BCUT2D eigenvalue weighted by molar-refractivity contribution is 6.05. The molecular formula is C28H20F2O2. The van der Waals surface area contributed by atoms with Crippen LogP contribution in [0.2, 0.25) is 0 Å². The normalized spacial score (nSPS) is 15.0. The predicted octanol–water partition coefficient (Wildman–Crippen LogP) is 6.74. The van der Waals surface area contributed by atoms with E-state index in [4.69, 9.17) is 4.74 Å². The molecular weight excluding hydrogens is 406 g/mol. The molecule has 0 N–H and O–H groups in total. The van der Waals surface area contributed by atoms with Crippen molar-refractivity contribution in [2.45, 2.75) is 12.3 Å². The van der Waals surface area contributed by atoms with E-state index in [0.717, 1.165) is 44.2 Å². The number of ether oxygens (including phenoxy) is 1. The second kappa shape index (κ2) is 8.04. The van der Waals surface area contributed by atoms with Gasteiger partial charge in [-0.3, -0.25) is 4.79 Å². The third kappa shape index (κ3) is 3.48. The molecule has 0 bridgehead atoms. The number of fused-ring (bicyclic) bond motifs is 2. The van der Waals surface area contributed by atoms with Gasteiger partial charge < -0.3 is 4.74 Å². The van der Waals surface area contributed by atoms with E-state index in [-0.39, 0.29) is 17.6 Å². The van der Waals surface area contributed by atoms with E-state index in [1.807, 2.05) is 30.3 Å². The van der Waals surface area contributed by atoms with Crippen LogP contribution in [0.5, 0.6) is 0 Å². The van der Waals surface area contributed by atoms with Crippen LogP contribution in [0, 0.1) is 11.6 Å². The fourth-order valence-electron chi connectivity index (χ4n) is 4.57. The number of carbonyl (C=O) groups is 1. The Morgan fingerprint density at radius 2 is 1.34 bits per heavy atom. The SMILES string of the molecule is COC(=O)C1CC(=C(c2ccc(F)cc2)c2ccc(F)cc2)c2cc3ccccc3cc21. The van der Waals surface area contributed by atoms with Crippen molar-refractivity contribution in [3.8, 4) is 0 Å². The smallest absolute Gasteiger partial charge is 0.313 e. The molecule has 4 aromatic carbocycles. The van der Waals surface area contributed by atoms with E-state index in [2.05, 4.69) is 6.07 Å². The van der Waals surface area contributed by atoms with Crippen molar-refractivity contribution in [2.24, 2.45) is 0 Å². The summed E-state index contributed by atoms with van der Waals surface area (Å²) in [6.07, 6.45) is 0.447. The number of halogens is 2. The van der Waals surface area contributed by atoms with Crippen molar-refractivity contribution in [1.82, 2.24) is 0 Å². The first-order valence-electron chi connectivity index (χ1n) is 10.4. The molecule has 1 unspecified atom stereocenters. The van der Waals surface area contributed by atoms with E-state index in [1.165, 1.54) is 31.4 Å². The highest BCUT2D eigenvalue weighted by atomic mass is 19.1. The summed E-state index contributed by atoms with van der Waals surface area (Å²) in [5, 5.41) is 2.11. The quantitative estimate of drug-likeness (QED) is 0.339. The minimum Gasteiger partial charge on any atom is -0.469 e. The Labute approximate surface area is 184 Å². The maximum atomic E-state index is 13.7. The first kappa shape index (κ1) is 20.1. The Morgan fingerprint density at radius 3 is 1.88 bits per heavy atom. The first-order chi connectivity index (χ1) is 15.5. The number of benzene rings is 4. The van der Waals surface area contributed by atoms with E-state index in [1.54, 1.807) is 24.3 Å². The van der Waals surface area contributed by atoms with Crippen molar-refractivity contribution < 1.29 is 18.3 Å². The van der Waals surface area contributed by atoms with Gasteiger partial charge >= 0.3 is 5.97 Å². The highest BCUT2D eigenvalue weighted by Crippen LogP contribution is 2.48. The standard InChI is InChI=1S/C28H20F2O2/c1-32-28(31)26-16-25(23-14-19-4-2-3-5-20(19)15-24(23)26)27(17-6-10-21(29)11-7-17)18-8-12-22(30)13-9-18/h2-15,26H,16H2,1H3. The molecule has 1 atom stereocenters. The zero-order valence-corrected chi connectivity index (χ0v) is 17.4. The lowest BCUT2D eigenvalue weighted by Gasteiger charge is -2.15. The Morgan fingerprint density at radius 1 is 0.812 bits per heavy atom. The molecule has 0 fully saturated rings. The molecule has 1 aliphatic carbocycles. The molecule has 0 saturated carbocycles. The average molecular weight is 426 g/mol. The first-order valence-corrected chi connectivity index (χ1v) is 10.4. The van der Waals surface area contributed by atoms with Crippen LogP contribution in [0.4, 0.5) is 8.78 Å². The molecule has 4 aromatic rings. The number of hydrogen-bond donors (Lipinski definition) is 0. The molecule has 1 aliphatic rings. The van der Waals surface area contributed by atoms with Gasteiger partial charge in [0.1, 0.15) is 11.6 Å². The van der Waals surface area contributed by atoms with Crippen molar-refractivity contribution in [3.63, 3.8) is 0 Å². The largest absolute Gasteiger partial charge is 0.469 e. The van der Waals surface area contributed by atoms with Crippen LogP contribution in [0.25, 0.3) is 21.9 Å². The number of hydrogen-bond acceptors (Lipinski definition) is 2. The number of rotatable bonds is 3. The summed E-state index contributed by atoms with van der Waals surface area (Å²) in [5.74, 6) is -1.40. The topological polar surface area (TPSA) is 26.3 Å². The van der Waals surface area contributed by atoms with Gasteiger partial charge in [-0.05, 0) is 87.0 Å². The van der Waals surface area contributed by atoms with Crippen LogP contribution in [0.3, 0.4) is 0 Å². The molecule has 2 nitrogen and oxygen atoms in total. The Hall–Kier alpha value is -3.79. The highest BCUT2D eigenvalue weighted by Gasteiger charge is 2.35. The summed E-state index contributed by atoms with van der Waals surface area (Å²) in [6.45, 7) is 0. The monoisotopic (exact) mass is 426 g/mol. The summed E-state index contributed by atoms with van der Waals surface area (Å²) >= 11 is 0. The maximum Gasteiger partial charge on any atom is 0.313 e. The molecule has 0 saturated heterocycles. The second-order valence-electron chi connectivity index (χ2n) is 7.93. The molecule has 0 aliphatic heterocycles. The molecule has 0 radical (unpaired) electrons.